The quantitative estimate of drug-likeness (QED) is 0.640. The highest BCUT2D eigenvalue weighted by Crippen LogP contribution is 2.12. The molecule has 2 aromatic rings. The number of nitrogens with one attached hydrogen (secondary N) is 3. The van der Waals surface area contributed by atoms with Crippen molar-refractivity contribution in [2.75, 3.05) is 19.6 Å². The number of carbonyl (C=O) groups excluding carboxylic acids is 1. The van der Waals surface area contributed by atoms with Crippen molar-refractivity contribution in [2.45, 2.75) is 23.9 Å². The number of aromatic nitrogens is 2. The molecule has 1 aromatic carbocycles. The van der Waals surface area contributed by atoms with Gasteiger partial charge in [0.1, 0.15) is 0 Å². The van der Waals surface area contributed by atoms with E-state index in [0.29, 0.717) is 12.1 Å². The van der Waals surface area contributed by atoms with Crippen LogP contribution in [0.2, 0.25) is 0 Å². The van der Waals surface area contributed by atoms with E-state index in [0.717, 1.165) is 19.5 Å². The van der Waals surface area contributed by atoms with Crippen molar-refractivity contribution in [1.29, 1.82) is 0 Å². The molecule has 9 heteroatoms. The van der Waals surface area contributed by atoms with Crippen LogP contribution in [-0.2, 0) is 16.6 Å². The molecule has 0 bridgehead atoms. The van der Waals surface area contributed by atoms with Crippen molar-refractivity contribution in [3.05, 3.63) is 48.5 Å². The maximum atomic E-state index is 12.4. The van der Waals surface area contributed by atoms with Gasteiger partial charge in [0.25, 0.3) is 5.91 Å². The molecule has 0 radical (unpaired) electrons. The lowest BCUT2D eigenvalue weighted by Crippen LogP contribution is -2.36. The smallest absolute Gasteiger partial charge is 0.251 e. The lowest BCUT2D eigenvalue weighted by molar-refractivity contribution is 0.0940. The lowest BCUT2D eigenvalue weighted by atomic mass is 10.2. The molecule has 134 valence electrons. The standard InChI is InChI=1S/C16H21N5O3S/c22-16(20-14-4-5-17-11-14)13-2-1-3-15(10-13)25(23,24)19-7-9-21-8-6-18-12-21/h1-3,6,8,10,12,14,17,19H,4-5,7,9,11H2,(H,20,22). The summed E-state index contributed by atoms with van der Waals surface area (Å²) < 4.78 is 29.1. The predicted octanol–water partition coefficient (Wildman–Crippen LogP) is -0.0467. The van der Waals surface area contributed by atoms with Crippen molar-refractivity contribution >= 4 is 15.9 Å². The molecular weight excluding hydrogens is 342 g/mol. The lowest BCUT2D eigenvalue weighted by Gasteiger charge is -2.12. The number of carbonyl (C=O) groups is 1. The van der Waals surface area contributed by atoms with Crippen LogP contribution in [0.4, 0.5) is 0 Å². The van der Waals surface area contributed by atoms with Gasteiger partial charge in [-0.25, -0.2) is 18.1 Å². The van der Waals surface area contributed by atoms with Gasteiger partial charge in [-0.2, -0.15) is 0 Å². The molecule has 1 atom stereocenters. The Bertz CT molecular complexity index is 814. The van der Waals surface area contributed by atoms with Gasteiger partial charge in [0.05, 0.1) is 11.2 Å². The SMILES string of the molecule is O=C(NC1CCNC1)c1cccc(S(=O)(=O)NCCn2ccnc2)c1. The molecule has 0 spiro atoms. The fraction of sp³-hybridized carbons (Fsp3) is 0.375. The largest absolute Gasteiger partial charge is 0.348 e. The van der Waals surface area contributed by atoms with Crippen LogP contribution < -0.4 is 15.4 Å². The Balaban J connectivity index is 1.63. The molecule has 1 aliphatic rings. The van der Waals surface area contributed by atoms with Gasteiger partial charge >= 0.3 is 0 Å². The van der Waals surface area contributed by atoms with E-state index in [9.17, 15) is 13.2 Å². The molecule has 2 heterocycles. The van der Waals surface area contributed by atoms with Crippen LogP contribution >= 0.6 is 0 Å². The van der Waals surface area contributed by atoms with Gasteiger partial charge < -0.3 is 15.2 Å². The first-order valence-electron chi connectivity index (χ1n) is 8.12. The van der Waals surface area contributed by atoms with Crippen LogP contribution in [0.1, 0.15) is 16.8 Å². The third-order valence-corrected chi connectivity index (χ3v) is 5.48. The Kier molecular flexibility index (Phi) is 5.47. The van der Waals surface area contributed by atoms with Crippen molar-refractivity contribution in [3.8, 4) is 0 Å². The summed E-state index contributed by atoms with van der Waals surface area (Å²) in [5, 5.41) is 6.08. The van der Waals surface area contributed by atoms with Crippen LogP contribution in [0.25, 0.3) is 0 Å². The van der Waals surface area contributed by atoms with E-state index in [-0.39, 0.29) is 23.4 Å². The first kappa shape index (κ1) is 17.6. The number of sulfonamides is 1. The van der Waals surface area contributed by atoms with Gasteiger partial charge in [-0.15, -0.1) is 0 Å². The van der Waals surface area contributed by atoms with E-state index in [4.69, 9.17) is 0 Å². The summed E-state index contributed by atoms with van der Waals surface area (Å²) in [6.45, 7) is 2.33. The Morgan fingerprint density at radius 1 is 1.40 bits per heavy atom. The zero-order valence-corrected chi connectivity index (χ0v) is 14.5. The minimum absolute atomic E-state index is 0.0790. The third kappa shape index (κ3) is 4.65. The summed E-state index contributed by atoms with van der Waals surface area (Å²) in [5.74, 6) is -0.260. The van der Waals surface area contributed by atoms with Gasteiger partial charge in [-0.05, 0) is 31.2 Å². The zero-order valence-electron chi connectivity index (χ0n) is 13.7. The second-order valence-corrected chi connectivity index (χ2v) is 7.66. The molecule has 0 saturated carbocycles. The molecule has 3 rings (SSSR count). The first-order valence-corrected chi connectivity index (χ1v) is 9.60. The summed E-state index contributed by atoms with van der Waals surface area (Å²) in [4.78, 5) is 16.3. The Morgan fingerprint density at radius 3 is 3.00 bits per heavy atom. The molecule has 1 aromatic heterocycles. The summed E-state index contributed by atoms with van der Waals surface area (Å²) in [7, 11) is -3.67. The summed E-state index contributed by atoms with van der Waals surface area (Å²) in [6.07, 6.45) is 5.89. The fourth-order valence-electron chi connectivity index (χ4n) is 2.66. The number of amides is 1. The first-order chi connectivity index (χ1) is 12.0. The van der Waals surface area contributed by atoms with E-state index < -0.39 is 10.0 Å². The number of imidazole rings is 1. The highest BCUT2D eigenvalue weighted by Gasteiger charge is 2.19. The molecule has 3 N–H and O–H groups in total. The van der Waals surface area contributed by atoms with E-state index in [1.54, 1.807) is 35.4 Å². The maximum Gasteiger partial charge on any atom is 0.251 e. The van der Waals surface area contributed by atoms with Gasteiger partial charge in [0.15, 0.2) is 0 Å². The van der Waals surface area contributed by atoms with Crippen molar-refractivity contribution in [3.63, 3.8) is 0 Å². The fourth-order valence-corrected chi connectivity index (χ4v) is 3.73. The molecule has 1 fully saturated rings. The number of nitrogens with zero attached hydrogens (tertiary/aromatic N) is 2. The van der Waals surface area contributed by atoms with Crippen molar-refractivity contribution in [2.24, 2.45) is 0 Å². The number of hydrogen-bond acceptors (Lipinski definition) is 5. The number of benzene rings is 1. The van der Waals surface area contributed by atoms with Crippen LogP contribution in [0.5, 0.6) is 0 Å². The molecule has 8 nitrogen and oxygen atoms in total. The Hall–Kier alpha value is -2.23. The monoisotopic (exact) mass is 363 g/mol. The second-order valence-electron chi connectivity index (χ2n) is 5.89. The molecule has 1 unspecified atom stereocenters. The van der Waals surface area contributed by atoms with E-state index in [1.165, 1.54) is 12.1 Å². The van der Waals surface area contributed by atoms with E-state index in [2.05, 4.69) is 20.3 Å². The molecule has 1 aliphatic heterocycles. The van der Waals surface area contributed by atoms with Crippen LogP contribution in [0, 0.1) is 0 Å². The highest BCUT2D eigenvalue weighted by atomic mass is 32.2. The number of hydrogen-bond donors (Lipinski definition) is 3. The van der Waals surface area contributed by atoms with Crippen LogP contribution in [-0.4, -0.2) is 49.6 Å². The summed E-state index contributed by atoms with van der Waals surface area (Å²) in [6, 6.07) is 6.15. The predicted molar refractivity (Wildman–Crippen MR) is 92.6 cm³/mol. The topological polar surface area (TPSA) is 105 Å². The van der Waals surface area contributed by atoms with Crippen molar-refractivity contribution in [1.82, 2.24) is 24.9 Å². The molecule has 1 amide bonds. The van der Waals surface area contributed by atoms with Gasteiger partial charge in [0.2, 0.25) is 10.0 Å². The molecular formula is C16H21N5O3S. The second kappa shape index (κ2) is 7.77. The average molecular weight is 363 g/mol. The Labute approximate surface area is 146 Å². The highest BCUT2D eigenvalue weighted by molar-refractivity contribution is 7.89. The van der Waals surface area contributed by atoms with E-state index in [1.807, 2.05) is 0 Å². The van der Waals surface area contributed by atoms with Crippen molar-refractivity contribution < 1.29 is 13.2 Å². The summed E-state index contributed by atoms with van der Waals surface area (Å²) >= 11 is 0. The minimum Gasteiger partial charge on any atom is -0.348 e. The minimum atomic E-state index is -3.67. The zero-order chi connectivity index (χ0) is 17.7. The third-order valence-electron chi connectivity index (χ3n) is 4.02. The van der Waals surface area contributed by atoms with E-state index >= 15 is 0 Å². The van der Waals surface area contributed by atoms with Gasteiger partial charge in [0, 0.05) is 43.6 Å². The molecule has 0 aliphatic carbocycles. The maximum absolute atomic E-state index is 12.4. The van der Waals surface area contributed by atoms with Gasteiger partial charge in [-0.1, -0.05) is 6.07 Å². The molecule has 25 heavy (non-hydrogen) atoms. The summed E-state index contributed by atoms with van der Waals surface area (Å²) in [5.41, 5.74) is 0.337. The van der Waals surface area contributed by atoms with Crippen LogP contribution in [0.15, 0.2) is 47.9 Å². The number of rotatable bonds is 7. The van der Waals surface area contributed by atoms with Gasteiger partial charge in [-0.3, -0.25) is 4.79 Å². The Morgan fingerprint density at radius 2 is 2.28 bits per heavy atom. The normalized spacial score (nSPS) is 17.5. The average Bonchev–Trinajstić information content (AvgIpc) is 3.29. The van der Waals surface area contributed by atoms with Crippen LogP contribution in [0.3, 0.4) is 0 Å². The molecule has 1 saturated heterocycles.